The maximum atomic E-state index is 11.9. The molecule has 4 rings (SSSR count). The van der Waals surface area contributed by atoms with Crippen molar-refractivity contribution in [1.82, 2.24) is 24.8 Å². The van der Waals surface area contributed by atoms with E-state index in [4.69, 9.17) is 10.7 Å². The molecule has 1 fully saturated rings. The second kappa shape index (κ2) is 7.51. The Morgan fingerprint density at radius 1 is 1.43 bits per heavy atom. The second-order valence-electron chi connectivity index (χ2n) is 6.67. The third-order valence-corrected chi connectivity index (χ3v) is 5.82. The first-order chi connectivity index (χ1) is 13.5. The monoisotopic (exact) mass is 396 g/mol. The topological polar surface area (TPSA) is 121 Å². The van der Waals surface area contributed by atoms with E-state index in [-0.39, 0.29) is 16.7 Å². The summed E-state index contributed by atoms with van der Waals surface area (Å²) in [5.74, 6) is -0.0367. The summed E-state index contributed by atoms with van der Waals surface area (Å²) < 4.78 is 0. The predicted octanol–water partition coefficient (Wildman–Crippen LogP) is 2.16. The minimum Gasteiger partial charge on any atom is -0.399 e. The van der Waals surface area contributed by atoms with Crippen LogP contribution in [-0.2, 0) is 4.79 Å². The highest BCUT2D eigenvalue weighted by atomic mass is 32.2. The summed E-state index contributed by atoms with van der Waals surface area (Å²) in [6, 6.07) is 3.04. The number of carbonyl (C=O) groups is 1. The summed E-state index contributed by atoms with van der Waals surface area (Å²) in [6.07, 6.45) is 6.80. The number of rotatable bonds is 4. The number of H-pyrrole nitrogens is 2. The molecule has 0 bridgehead atoms. The van der Waals surface area contributed by atoms with E-state index in [2.05, 4.69) is 21.5 Å². The first-order valence-corrected chi connectivity index (χ1v) is 9.84. The zero-order chi connectivity index (χ0) is 19.7. The van der Waals surface area contributed by atoms with E-state index in [1.807, 2.05) is 4.90 Å². The van der Waals surface area contributed by atoms with Gasteiger partial charge in [0.25, 0.3) is 0 Å². The quantitative estimate of drug-likeness (QED) is 0.581. The number of nitrogens with one attached hydrogen (secondary N) is 2. The number of carbonyl (C=O) groups excluding carboxylic acids is 1. The lowest BCUT2D eigenvalue weighted by Gasteiger charge is -2.31. The Kier molecular flexibility index (Phi) is 4.91. The van der Waals surface area contributed by atoms with Gasteiger partial charge in [0.15, 0.2) is 5.65 Å². The summed E-state index contributed by atoms with van der Waals surface area (Å²) in [4.78, 5) is 40.5. The maximum absolute atomic E-state index is 11.9. The van der Waals surface area contributed by atoms with E-state index in [1.165, 1.54) is 12.1 Å². The lowest BCUT2D eigenvalue weighted by atomic mass is 10.1. The van der Waals surface area contributed by atoms with Gasteiger partial charge in [0.1, 0.15) is 10.5 Å². The zero-order valence-corrected chi connectivity index (χ0v) is 16.0. The third-order valence-electron chi connectivity index (χ3n) is 4.67. The minimum atomic E-state index is -0.267. The standard InChI is InChI=1S/C19H20N6O2S/c1-2-17(27)25-5-3-4-12(10-25)28-16-9-22-19-18(24-16)13(8-21-19)14-6-11(20)7-15(26)23-14/h2,6-9,12H,1,3-5,10H2,(H,21,22)(H3,20,23,26). The number of fused-ring (bicyclic) bond motifs is 1. The van der Waals surface area contributed by atoms with E-state index in [0.717, 1.165) is 30.0 Å². The van der Waals surface area contributed by atoms with Crippen molar-refractivity contribution in [3.8, 4) is 11.3 Å². The van der Waals surface area contributed by atoms with Crippen LogP contribution in [0.15, 0.2) is 47.0 Å². The van der Waals surface area contributed by atoms with Crippen molar-refractivity contribution in [3.05, 3.63) is 47.5 Å². The molecule has 1 aliphatic heterocycles. The van der Waals surface area contributed by atoms with E-state index >= 15 is 0 Å². The Morgan fingerprint density at radius 3 is 3.07 bits per heavy atom. The molecule has 144 valence electrons. The molecule has 1 aliphatic rings. The number of likely N-dealkylation sites (tertiary alicyclic amines) is 1. The molecule has 0 saturated carbocycles. The number of nitrogens with zero attached hydrogens (tertiary/aromatic N) is 3. The van der Waals surface area contributed by atoms with E-state index < -0.39 is 0 Å². The van der Waals surface area contributed by atoms with Crippen molar-refractivity contribution in [3.63, 3.8) is 0 Å². The average molecular weight is 396 g/mol. The predicted molar refractivity (Wildman–Crippen MR) is 110 cm³/mol. The molecule has 28 heavy (non-hydrogen) atoms. The van der Waals surface area contributed by atoms with Gasteiger partial charge < -0.3 is 20.6 Å². The zero-order valence-electron chi connectivity index (χ0n) is 15.1. The van der Waals surface area contributed by atoms with Crippen LogP contribution in [0.25, 0.3) is 22.4 Å². The normalized spacial score (nSPS) is 17.0. The molecule has 4 N–H and O–H groups in total. The van der Waals surface area contributed by atoms with Crippen LogP contribution in [0.1, 0.15) is 12.8 Å². The molecule has 8 nitrogen and oxygen atoms in total. The van der Waals surface area contributed by atoms with Gasteiger partial charge in [-0.15, -0.1) is 0 Å². The molecule has 0 aromatic carbocycles. The molecule has 1 atom stereocenters. The lowest BCUT2D eigenvalue weighted by molar-refractivity contribution is -0.126. The molecule has 1 unspecified atom stereocenters. The van der Waals surface area contributed by atoms with Gasteiger partial charge >= 0.3 is 0 Å². The smallest absolute Gasteiger partial charge is 0.250 e. The van der Waals surface area contributed by atoms with Gasteiger partial charge in [-0.1, -0.05) is 18.3 Å². The van der Waals surface area contributed by atoms with Crippen LogP contribution in [0.5, 0.6) is 0 Å². The highest BCUT2D eigenvalue weighted by Crippen LogP contribution is 2.31. The Balaban J connectivity index is 1.62. The fourth-order valence-electron chi connectivity index (χ4n) is 3.38. The fourth-order valence-corrected chi connectivity index (χ4v) is 4.52. The Labute approximate surface area is 165 Å². The van der Waals surface area contributed by atoms with Crippen molar-refractivity contribution in [1.29, 1.82) is 0 Å². The number of aromatic nitrogens is 4. The number of amides is 1. The number of hydrogen-bond acceptors (Lipinski definition) is 6. The summed E-state index contributed by atoms with van der Waals surface area (Å²) in [5, 5.41) is 1.02. The van der Waals surface area contributed by atoms with Gasteiger partial charge in [0.05, 0.1) is 11.9 Å². The van der Waals surface area contributed by atoms with Crippen molar-refractivity contribution >= 4 is 34.5 Å². The number of nitrogens with two attached hydrogens (primary N) is 1. The van der Waals surface area contributed by atoms with E-state index in [1.54, 1.807) is 30.2 Å². The van der Waals surface area contributed by atoms with Crippen LogP contribution in [-0.4, -0.2) is 49.1 Å². The number of thioether (sulfide) groups is 1. The van der Waals surface area contributed by atoms with Crippen LogP contribution in [0.3, 0.4) is 0 Å². The lowest BCUT2D eigenvalue weighted by Crippen LogP contribution is -2.40. The van der Waals surface area contributed by atoms with Gasteiger partial charge in [-0.25, -0.2) is 9.97 Å². The number of aromatic amines is 2. The highest BCUT2D eigenvalue weighted by Gasteiger charge is 2.24. The number of hydrogen-bond donors (Lipinski definition) is 3. The van der Waals surface area contributed by atoms with Crippen LogP contribution in [0.2, 0.25) is 0 Å². The molecule has 0 radical (unpaired) electrons. The van der Waals surface area contributed by atoms with Gasteiger partial charge in [-0.3, -0.25) is 9.59 Å². The number of pyridine rings is 1. The summed E-state index contributed by atoms with van der Waals surface area (Å²) in [6.45, 7) is 4.99. The molecule has 0 aliphatic carbocycles. The van der Waals surface area contributed by atoms with Gasteiger partial charge in [-0.05, 0) is 25.0 Å². The maximum Gasteiger partial charge on any atom is 0.250 e. The van der Waals surface area contributed by atoms with Crippen LogP contribution in [0, 0.1) is 0 Å². The van der Waals surface area contributed by atoms with Crippen molar-refractivity contribution < 1.29 is 4.79 Å². The van der Waals surface area contributed by atoms with Crippen molar-refractivity contribution in [2.45, 2.75) is 23.1 Å². The number of piperidine rings is 1. The van der Waals surface area contributed by atoms with E-state index in [0.29, 0.717) is 29.1 Å². The number of anilines is 1. The Hall–Kier alpha value is -3.07. The highest BCUT2D eigenvalue weighted by molar-refractivity contribution is 7.99. The molecular formula is C19H20N6O2S. The van der Waals surface area contributed by atoms with Gasteiger partial charge in [0, 0.05) is 41.9 Å². The fraction of sp³-hybridized carbons (Fsp3) is 0.263. The SMILES string of the molecule is C=CC(=O)N1CCCC(Sc2cnc3[nH]cc(-c4cc(N)cc(=O)[nH]4)c3n2)C1. The van der Waals surface area contributed by atoms with Crippen molar-refractivity contribution in [2.24, 2.45) is 0 Å². The number of nitrogen functional groups attached to an aromatic ring is 1. The molecule has 1 amide bonds. The first kappa shape index (κ1) is 18.3. The Morgan fingerprint density at radius 2 is 2.29 bits per heavy atom. The van der Waals surface area contributed by atoms with Crippen LogP contribution in [0.4, 0.5) is 5.69 Å². The summed E-state index contributed by atoms with van der Waals surface area (Å²) in [5.41, 5.74) is 8.56. The largest absolute Gasteiger partial charge is 0.399 e. The molecule has 4 heterocycles. The molecular weight excluding hydrogens is 376 g/mol. The molecule has 1 saturated heterocycles. The molecule has 9 heteroatoms. The molecule has 0 spiro atoms. The summed E-state index contributed by atoms with van der Waals surface area (Å²) >= 11 is 1.61. The van der Waals surface area contributed by atoms with Gasteiger partial charge in [0.2, 0.25) is 11.5 Å². The minimum absolute atomic E-state index is 0.0367. The van der Waals surface area contributed by atoms with E-state index in [9.17, 15) is 9.59 Å². The van der Waals surface area contributed by atoms with Gasteiger partial charge in [-0.2, -0.15) is 0 Å². The van der Waals surface area contributed by atoms with Crippen LogP contribution >= 0.6 is 11.8 Å². The second-order valence-corrected chi connectivity index (χ2v) is 7.99. The first-order valence-electron chi connectivity index (χ1n) is 8.96. The summed E-state index contributed by atoms with van der Waals surface area (Å²) in [7, 11) is 0. The molecule has 3 aromatic heterocycles. The van der Waals surface area contributed by atoms with Crippen LogP contribution < -0.4 is 11.3 Å². The Bertz CT molecular complexity index is 1110. The third kappa shape index (κ3) is 3.65. The van der Waals surface area contributed by atoms with Crippen molar-refractivity contribution in [2.75, 3.05) is 18.8 Å². The molecule has 3 aromatic rings. The average Bonchev–Trinajstić information content (AvgIpc) is 3.10.